The Balaban J connectivity index is 1.90. The van der Waals surface area contributed by atoms with Gasteiger partial charge in [0, 0.05) is 13.1 Å². The number of amides is 1. The molecule has 2 aliphatic heterocycles. The van der Waals surface area contributed by atoms with Gasteiger partial charge in [0.25, 0.3) is 0 Å². The maximum Gasteiger partial charge on any atom is 0.242 e. The fourth-order valence-corrected chi connectivity index (χ4v) is 3.61. The van der Waals surface area contributed by atoms with Gasteiger partial charge >= 0.3 is 0 Å². The summed E-state index contributed by atoms with van der Waals surface area (Å²) < 4.78 is 5.46. The van der Waals surface area contributed by atoms with Crippen LogP contribution in [-0.2, 0) is 9.53 Å². The van der Waals surface area contributed by atoms with Gasteiger partial charge in [-0.1, -0.05) is 0 Å². The third kappa shape index (κ3) is 3.60. The Morgan fingerprint density at radius 3 is 2.94 bits per heavy atom. The van der Waals surface area contributed by atoms with Crippen LogP contribution in [0.3, 0.4) is 0 Å². The van der Waals surface area contributed by atoms with Crippen LogP contribution in [0.5, 0.6) is 0 Å². The molecular formula is C12H22N2O2S. The molecule has 0 aromatic carbocycles. The molecule has 0 saturated carbocycles. The second kappa shape index (κ2) is 6.61. The average Bonchev–Trinajstić information content (AvgIpc) is 2.54. The molecule has 4 nitrogen and oxygen atoms in total. The molecule has 98 valence electrons. The van der Waals surface area contributed by atoms with Crippen LogP contribution < -0.4 is 5.32 Å². The van der Waals surface area contributed by atoms with Crippen LogP contribution in [0.4, 0.5) is 0 Å². The van der Waals surface area contributed by atoms with E-state index in [0.29, 0.717) is 19.1 Å². The van der Waals surface area contributed by atoms with Crippen LogP contribution in [0, 0.1) is 5.92 Å². The van der Waals surface area contributed by atoms with Crippen molar-refractivity contribution in [1.29, 1.82) is 0 Å². The van der Waals surface area contributed by atoms with Gasteiger partial charge in [-0.3, -0.25) is 4.79 Å². The first-order valence-electron chi connectivity index (χ1n) is 6.43. The molecule has 2 rings (SSSR count). The molecule has 0 spiro atoms. The van der Waals surface area contributed by atoms with Crippen LogP contribution in [0.15, 0.2) is 0 Å². The normalized spacial score (nSPS) is 28.2. The minimum Gasteiger partial charge on any atom is -0.377 e. The Labute approximate surface area is 107 Å². The predicted molar refractivity (Wildman–Crippen MR) is 70.3 cm³/mol. The summed E-state index contributed by atoms with van der Waals surface area (Å²) in [6.45, 7) is 2.85. The molecule has 2 fully saturated rings. The van der Waals surface area contributed by atoms with Crippen molar-refractivity contribution in [2.24, 2.45) is 5.92 Å². The van der Waals surface area contributed by atoms with Crippen LogP contribution in [0.2, 0.25) is 0 Å². The number of hydrogen-bond acceptors (Lipinski definition) is 4. The van der Waals surface area contributed by atoms with Crippen molar-refractivity contribution in [3.63, 3.8) is 0 Å². The maximum absolute atomic E-state index is 12.2. The molecule has 0 radical (unpaired) electrons. The summed E-state index contributed by atoms with van der Waals surface area (Å²) in [4.78, 5) is 14.2. The summed E-state index contributed by atoms with van der Waals surface area (Å²) in [6.07, 6.45) is 2.50. The molecule has 2 saturated heterocycles. The van der Waals surface area contributed by atoms with Crippen molar-refractivity contribution in [1.82, 2.24) is 10.2 Å². The number of nitrogens with one attached hydrogen (secondary N) is 1. The van der Waals surface area contributed by atoms with Crippen LogP contribution >= 0.6 is 11.8 Å². The van der Waals surface area contributed by atoms with Crippen molar-refractivity contribution in [2.45, 2.75) is 18.9 Å². The van der Waals surface area contributed by atoms with E-state index in [-0.39, 0.29) is 11.9 Å². The zero-order valence-electron chi connectivity index (χ0n) is 10.5. The lowest BCUT2D eigenvalue weighted by Gasteiger charge is -2.29. The molecule has 1 amide bonds. The first-order valence-corrected chi connectivity index (χ1v) is 7.58. The minimum atomic E-state index is -0.157. The van der Waals surface area contributed by atoms with Crippen LogP contribution in [0.25, 0.3) is 0 Å². The number of ether oxygens (including phenoxy) is 1. The van der Waals surface area contributed by atoms with Gasteiger partial charge < -0.3 is 15.0 Å². The molecule has 1 N–H and O–H groups in total. The summed E-state index contributed by atoms with van der Waals surface area (Å²) in [5.41, 5.74) is 0. The van der Waals surface area contributed by atoms with Gasteiger partial charge in [0.05, 0.1) is 13.2 Å². The number of carbonyl (C=O) groups is 1. The van der Waals surface area contributed by atoms with E-state index >= 15 is 0 Å². The van der Waals surface area contributed by atoms with E-state index in [2.05, 4.69) is 5.32 Å². The fraction of sp³-hybridized carbons (Fsp3) is 0.917. The van der Waals surface area contributed by atoms with Crippen LogP contribution in [0.1, 0.15) is 12.8 Å². The quantitative estimate of drug-likeness (QED) is 0.804. The highest BCUT2D eigenvalue weighted by atomic mass is 32.2. The predicted octanol–water partition coefficient (Wildman–Crippen LogP) is 0.576. The van der Waals surface area contributed by atoms with Gasteiger partial charge in [-0.2, -0.15) is 11.8 Å². The standard InChI is InChI=1S/C12H22N2O2S/c1-13-11-9-16-5-4-14(12(11)15)8-10-2-6-17-7-3-10/h10-11,13H,2-9H2,1H3. The summed E-state index contributed by atoms with van der Waals surface area (Å²) in [7, 11) is 1.83. The SMILES string of the molecule is CNC1COCCN(CC2CCSCC2)C1=O. The first-order chi connectivity index (χ1) is 8.31. The Morgan fingerprint density at radius 1 is 1.47 bits per heavy atom. The minimum absolute atomic E-state index is 0.157. The monoisotopic (exact) mass is 258 g/mol. The van der Waals surface area contributed by atoms with E-state index in [4.69, 9.17) is 4.74 Å². The van der Waals surface area contributed by atoms with Crippen molar-refractivity contribution in [2.75, 3.05) is 44.9 Å². The van der Waals surface area contributed by atoms with E-state index < -0.39 is 0 Å². The molecule has 2 aliphatic rings. The summed E-state index contributed by atoms with van der Waals surface area (Å²) in [6, 6.07) is -0.157. The lowest BCUT2D eigenvalue weighted by molar-refractivity contribution is -0.133. The topological polar surface area (TPSA) is 41.6 Å². The molecule has 0 aromatic rings. The van der Waals surface area contributed by atoms with Gasteiger partial charge in [-0.15, -0.1) is 0 Å². The molecule has 1 atom stereocenters. The van der Waals surface area contributed by atoms with E-state index in [1.54, 1.807) is 0 Å². The maximum atomic E-state index is 12.2. The summed E-state index contributed by atoms with van der Waals surface area (Å²) in [5, 5.41) is 3.04. The fourth-order valence-electron chi connectivity index (χ4n) is 2.41. The number of nitrogens with zero attached hydrogens (tertiary/aromatic N) is 1. The number of thioether (sulfide) groups is 1. The third-order valence-corrected chi connectivity index (χ3v) is 4.62. The highest BCUT2D eigenvalue weighted by molar-refractivity contribution is 7.99. The van der Waals surface area contributed by atoms with E-state index in [1.165, 1.54) is 24.3 Å². The largest absolute Gasteiger partial charge is 0.377 e. The first kappa shape index (κ1) is 13.2. The van der Waals surface area contributed by atoms with E-state index in [9.17, 15) is 4.79 Å². The Morgan fingerprint density at radius 2 is 2.24 bits per heavy atom. The number of likely N-dealkylation sites (N-methyl/N-ethyl adjacent to an activating group) is 1. The Bertz CT molecular complexity index is 257. The molecule has 0 aromatic heterocycles. The molecule has 0 bridgehead atoms. The Hall–Kier alpha value is -0.260. The second-order valence-corrected chi connectivity index (χ2v) is 5.98. The molecule has 0 aliphatic carbocycles. The van der Waals surface area contributed by atoms with Gasteiger partial charge in [0.1, 0.15) is 6.04 Å². The zero-order valence-corrected chi connectivity index (χ0v) is 11.3. The lowest BCUT2D eigenvalue weighted by Crippen LogP contribution is -2.47. The summed E-state index contributed by atoms with van der Waals surface area (Å²) in [5.74, 6) is 3.40. The zero-order chi connectivity index (χ0) is 12.1. The third-order valence-electron chi connectivity index (χ3n) is 3.57. The van der Waals surface area contributed by atoms with Gasteiger partial charge in [-0.25, -0.2) is 0 Å². The molecule has 17 heavy (non-hydrogen) atoms. The molecule has 1 unspecified atom stereocenters. The molecule has 2 heterocycles. The highest BCUT2D eigenvalue weighted by Gasteiger charge is 2.28. The number of carbonyl (C=O) groups excluding carboxylic acids is 1. The van der Waals surface area contributed by atoms with E-state index in [1.807, 2.05) is 23.7 Å². The molecular weight excluding hydrogens is 236 g/mol. The number of hydrogen-bond donors (Lipinski definition) is 1. The highest BCUT2D eigenvalue weighted by Crippen LogP contribution is 2.23. The van der Waals surface area contributed by atoms with Crippen molar-refractivity contribution >= 4 is 17.7 Å². The van der Waals surface area contributed by atoms with Crippen LogP contribution in [-0.4, -0.2) is 61.7 Å². The Kier molecular flexibility index (Phi) is 5.13. The second-order valence-electron chi connectivity index (χ2n) is 4.76. The summed E-state index contributed by atoms with van der Waals surface area (Å²) >= 11 is 2.03. The number of rotatable bonds is 3. The average molecular weight is 258 g/mol. The van der Waals surface area contributed by atoms with Gasteiger partial charge in [0.2, 0.25) is 5.91 Å². The van der Waals surface area contributed by atoms with E-state index in [0.717, 1.165) is 13.1 Å². The smallest absolute Gasteiger partial charge is 0.242 e. The lowest BCUT2D eigenvalue weighted by atomic mass is 10.0. The van der Waals surface area contributed by atoms with Crippen molar-refractivity contribution in [3.05, 3.63) is 0 Å². The van der Waals surface area contributed by atoms with Gasteiger partial charge in [-0.05, 0) is 37.3 Å². The van der Waals surface area contributed by atoms with Crippen molar-refractivity contribution < 1.29 is 9.53 Å². The van der Waals surface area contributed by atoms with Gasteiger partial charge in [0.15, 0.2) is 0 Å². The van der Waals surface area contributed by atoms with Crippen molar-refractivity contribution in [3.8, 4) is 0 Å². The molecule has 5 heteroatoms.